The van der Waals surface area contributed by atoms with Crippen molar-refractivity contribution in [3.05, 3.63) is 54.1 Å². The topological polar surface area (TPSA) is 187 Å². The van der Waals surface area contributed by atoms with E-state index in [1.807, 2.05) is 43.3 Å². The Morgan fingerprint density at radius 1 is 0.927 bits per heavy atom. The number of nitrogens with zero attached hydrogens (tertiary/aromatic N) is 5. The smallest absolute Gasteiger partial charge is 0.497 e. The molecule has 0 aliphatic carbocycles. The number of pyridine rings is 1. The molecule has 0 aliphatic heterocycles. The molecule has 0 saturated carbocycles. The predicted octanol–water partition coefficient (Wildman–Crippen LogP) is 8.69. The number of methoxy groups -OCH3 is 1. The summed E-state index contributed by atoms with van der Waals surface area (Å²) in [5.74, 6) is 1.08. The number of nitrogen functional groups attached to an aromatic ring is 1. The van der Waals surface area contributed by atoms with Crippen LogP contribution in [0.15, 0.2) is 49.1 Å². The maximum absolute atomic E-state index is 13.7. The molecule has 17 heteroatoms. The van der Waals surface area contributed by atoms with E-state index in [0.29, 0.717) is 29.3 Å². The first kappa shape index (κ1) is 41.9. The van der Waals surface area contributed by atoms with Crippen molar-refractivity contribution in [1.82, 2.24) is 29.6 Å². The van der Waals surface area contributed by atoms with E-state index in [0.717, 1.165) is 91.2 Å². The van der Waals surface area contributed by atoms with Crippen LogP contribution in [0.3, 0.4) is 0 Å². The number of fused-ring (bicyclic) bond motifs is 3. The first-order valence-corrected chi connectivity index (χ1v) is 20.9. The van der Waals surface area contributed by atoms with E-state index < -0.39 is 20.5 Å². The number of nitrogens with one attached hydrogen (secondary N) is 2. The number of halogens is 1. The molecule has 298 valence electrons. The number of rotatable bonds is 23. The third-order valence-corrected chi connectivity index (χ3v) is 10.8. The standard InChI is InChI=1S/C38H52ClN8O7P/c1-26(2)54-38(48)51-24-53-55(49,25-52-27(3)21-47-23-44-35-36(40)42-22-43-37(35)47)45-18-12-10-8-6-5-7-9-11-17-41-34-30-15-13-28(39)19-33(30)46-32-16-14-29(50-4)20-31(32)34/h13-16,19-20,22-23,26-27H,5-12,17-18,21,24-25H2,1-4H3,(H,41,46)(H,45,49)(H2,40,42,43)/t27-,55?/m1/s1. The van der Waals surface area contributed by atoms with Crippen molar-refractivity contribution >= 4 is 69.8 Å². The van der Waals surface area contributed by atoms with Crippen molar-refractivity contribution in [2.24, 2.45) is 0 Å². The number of imidazole rings is 1. The molecule has 0 bridgehead atoms. The van der Waals surface area contributed by atoms with E-state index in [2.05, 4.69) is 25.4 Å². The summed E-state index contributed by atoms with van der Waals surface area (Å²) < 4.78 is 42.4. The molecule has 0 amide bonds. The largest absolute Gasteiger partial charge is 0.510 e. The molecule has 3 aromatic heterocycles. The van der Waals surface area contributed by atoms with Crippen molar-refractivity contribution in [2.75, 3.05) is 44.4 Å². The molecular formula is C38H52ClN8O7P. The summed E-state index contributed by atoms with van der Waals surface area (Å²) in [5, 5.41) is 9.41. The van der Waals surface area contributed by atoms with Crippen LogP contribution < -0.4 is 20.9 Å². The van der Waals surface area contributed by atoms with Gasteiger partial charge in [0.05, 0.1) is 48.9 Å². The molecule has 1 unspecified atom stereocenters. The van der Waals surface area contributed by atoms with Gasteiger partial charge in [-0.3, -0.25) is 9.09 Å². The zero-order valence-corrected chi connectivity index (χ0v) is 33.6. The second kappa shape index (κ2) is 20.6. The lowest BCUT2D eigenvalue weighted by Crippen LogP contribution is -2.23. The molecule has 55 heavy (non-hydrogen) atoms. The Hall–Kier alpha value is -4.27. The molecule has 5 aromatic rings. The zero-order chi connectivity index (χ0) is 39.2. The Morgan fingerprint density at radius 3 is 2.42 bits per heavy atom. The molecule has 5 rings (SSSR count). The van der Waals surface area contributed by atoms with Crippen LogP contribution in [0.2, 0.25) is 5.02 Å². The molecule has 2 aromatic carbocycles. The summed E-state index contributed by atoms with van der Waals surface area (Å²) in [5.41, 5.74) is 9.78. The van der Waals surface area contributed by atoms with Crippen LogP contribution in [0.5, 0.6) is 5.75 Å². The third-order valence-electron chi connectivity index (χ3n) is 8.88. The van der Waals surface area contributed by atoms with Gasteiger partial charge in [0.2, 0.25) is 6.79 Å². The Bertz CT molecular complexity index is 2070. The number of nitrogens with two attached hydrogens (primary N) is 1. The van der Waals surface area contributed by atoms with Gasteiger partial charge >= 0.3 is 6.16 Å². The number of hydrogen-bond acceptors (Lipinski definition) is 13. The first-order chi connectivity index (χ1) is 26.5. The zero-order valence-electron chi connectivity index (χ0n) is 32.0. The van der Waals surface area contributed by atoms with Crippen LogP contribution >= 0.6 is 19.1 Å². The van der Waals surface area contributed by atoms with E-state index in [1.54, 1.807) is 31.9 Å². The Morgan fingerprint density at radius 2 is 1.67 bits per heavy atom. The third kappa shape index (κ3) is 12.4. The summed E-state index contributed by atoms with van der Waals surface area (Å²) in [7, 11) is -1.87. The van der Waals surface area contributed by atoms with Crippen molar-refractivity contribution < 1.29 is 32.8 Å². The SMILES string of the molecule is COc1ccc2nc3cc(Cl)ccc3c(NCCCCCCCCCCNP(=O)(CO[C@H](C)Cn3cnc4c(N)ncnc43)OCOC(=O)OC(C)C)c2c1. The second-order valence-corrected chi connectivity index (χ2v) is 16.2. The number of ether oxygens (including phenoxy) is 4. The molecule has 0 saturated heterocycles. The molecule has 4 N–H and O–H groups in total. The molecule has 2 atom stereocenters. The lowest BCUT2D eigenvalue weighted by molar-refractivity contribution is -0.0110. The normalized spacial score (nSPS) is 13.3. The summed E-state index contributed by atoms with van der Waals surface area (Å²) >= 11 is 6.27. The van der Waals surface area contributed by atoms with Crippen LogP contribution in [-0.2, 0) is 29.8 Å². The van der Waals surface area contributed by atoms with Crippen LogP contribution in [0.4, 0.5) is 16.3 Å². The average Bonchev–Trinajstić information content (AvgIpc) is 3.57. The Labute approximate surface area is 326 Å². The minimum absolute atomic E-state index is 0.231. The highest BCUT2D eigenvalue weighted by molar-refractivity contribution is 7.56. The Kier molecular flexibility index (Phi) is 15.7. The fraction of sp³-hybridized carbons (Fsp3) is 0.500. The molecule has 0 radical (unpaired) electrons. The lowest BCUT2D eigenvalue weighted by atomic mass is 10.1. The fourth-order valence-corrected chi connectivity index (χ4v) is 7.69. The number of aromatic nitrogens is 5. The highest BCUT2D eigenvalue weighted by Gasteiger charge is 2.26. The Balaban J connectivity index is 1.01. The van der Waals surface area contributed by atoms with Gasteiger partial charge in [-0.1, -0.05) is 50.1 Å². The van der Waals surface area contributed by atoms with Gasteiger partial charge in [-0.2, -0.15) is 0 Å². The molecule has 0 fully saturated rings. The average molecular weight is 799 g/mol. The second-order valence-electron chi connectivity index (χ2n) is 13.6. The number of carbonyl (C=O) groups excluding carboxylic acids is 1. The molecule has 3 heterocycles. The van der Waals surface area contributed by atoms with Crippen molar-refractivity contribution in [2.45, 2.75) is 90.9 Å². The van der Waals surface area contributed by atoms with Gasteiger partial charge in [0.1, 0.15) is 23.9 Å². The number of anilines is 2. The monoisotopic (exact) mass is 798 g/mol. The number of unbranched alkanes of at least 4 members (excludes halogenated alkanes) is 7. The minimum Gasteiger partial charge on any atom is -0.497 e. The van der Waals surface area contributed by atoms with Crippen LogP contribution in [-0.4, -0.2) is 76.2 Å². The van der Waals surface area contributed by atoms with Crippen LogP contribution in [0.25, 0.3) is 33.0 Å². The maximum atomic E-state index is 13.7. The predicted molar refractivity (Wildman–Crippen MR) is 216 cm³/mol. The molecular weight excluding hydrogens is 747 g/mol. The van der Waals surface area contributed by atoms with Crippen LogP contribution in [0.1, 0.15) is 72.1 Å². The maximum Gasteiger partial charge on any atom is 0.510 e. The van der Waals surface area contributed by atoms with E-state index in [9.17, 15) is 9.36 Å². The molecule has 0 aliphatic rings. The number of benzene rings is 2. The summed E-state index contributed by atoms with van der Waals surface area (Å²) in [6, 6.07) is 11.7. The van der Waals surface area contributed by atoms with Gasteiger partial charge < -0.3 is 34.6 Å². The van der Waals surface area contributed by atoms with Gasteiger partial charge in [-0.15, -0.1) is 0 Å². The van der Waals surface area contributed by atoms with Gasteiger partial charge in [-0.05, 0) is 70.0 Å². The minimum atomic E-state index is -3.54. The summed E-state index contributed by atoms with van der Waals surface area (Å²) in [6.45, 7) is 6.39. The van der Waals surface area contributed by atoms with Crippen LogP contribution in [0, 0.1) is 0 Å². The molecule has 15 nitrogen and oxygen atoms in total. The quantitative estimate of drug-likeness (QED) is 0.0187. The summed E-state index contributed by atoms with van der Waals surface area (Å²) in [4.78, 5) is 29.2. The van der Waals surface area contributed by atoms with E-state index in [4.69, 9.17) is 45.8 Å². The van der Waals surface area contributed by atoms with E-state index in [1.165, 1.54) is 6.33 Å². The number of carbonyl (C=O) groups is 1. The number of hydrogen-bond donors (Lipinski definition) is 3. The van der Waals surface area contributed by atoms with Crippen molar-refractivity contribution in [3.63, 3.8) is 0 Å². The van der Waals surface area contributed by atoms with Crippen molar-refractivity contribution in [3.8, 4) is 5.75 Å². The van der Waals surface area contributed by atoms with Gasteiger partial charge in [0, 0.05) is 28.9 Å². The van der Waals surface area contributed by atoms with Gasteiger partial charge in [-0.25, -0.2) is 29.8 Å². The van der Waals surface area contributed by atoms with E-state index >= 15 is 0 Å². The highest BCUT2D eigenvalue weighted by atomic mass is 35.5. The van der Waals surface area contributed by atoms with Gasteiger partial charge in [0.15, 0.2) is 11.5 Å². The van der Waals surface area contributed by atoms with Gasteiger partial charge in [0.25, 0.3) is 7.52 Å². The highest BCUT2D eigenvalue weighted by Crippen LogP contribution is 2.42. The first-order valence-electron chi connectivity index (χ1n) is 18.7. The van der Waals surface area contributed by atoms with E-state index in [-0.39, 0.29) is 24.4 Å². The fourth-order valence-electron chi connectivity index (χ4n) is 6.09. The summed E-state index contributed by atoms with van der Waals surface area (Å²) in [6.07, 6.45) is 9.53. The molecule has 0 spiro atoms. The van der Waals surface area contributed by atoms with Crippen molar-refractivity contribution in [1.29, 1.82) is 0 Å². The lowest BCUT2D eigenvalue weighted by Gasteiger charge is -2.22.